The summed E-state index contributed by atoms with van der Waals surface area (Å²) in [6.07, 6.45) is -0.842. The average molecular weight is 245 g/mol. The van der Waals surface area contributed by atoms with Crippen LogP contribution in [0.4, 0.5) is 0 Å². The summed E-state index contributed by atoms with van der Waals surface area (Å²) in [5, 5.41) is 0. The molecule has 0 N–H and O–H groups in total. The SMILES string of the molecule is CCOC(=O)C(CN1CCOCC1)OC(C)=O. The normalized spacial score (nSPS) is 18.5. The molecule has 0 aromatic heterocycles. The Bertz CT molecular complexity index is 263. The molecule has 17 heavy (non-hydrogen) atoms. The first-order valence-electron chi connectivity index (χ1n) is 5.77. The molecule has 1 rings (SSSR count). The van der Waals surface area contributed by atoms with Crippen LogP contribution in [0.2, 0.25) is 0 Å². The van der Waals surface area contributed by atoms with Crippen molar-refractivity contribution in [1.29, 1.82) is 0 Å². The minimum atomic E-state index is -0.842. The molecule has 0 radical (unpaired) electrons. The summed E-state index contributed by atoms with van der Waals surface area (Å²) < 4.78 is 15.0. The summed E-state index contributed by atoms with van der Waals surface area (Å²) in [5.74, 6) is -0.967. The highest BCUT2D eigenvalue weighted by Crippen LogP contribution is 2.04. The van der Waals surface area contributed by atoms with Gasteiger partial charge < -0.3 is 14.2 Å². The molecule has 0 saturated carbocycles. The molecule has 0 aromatic rings. The Morgan fingerprint density at radius 2 is 2.00 bits per heavy atom. The predicted molar refractivity (Wildman–Crippen MR) is 59.4 cm³/mol. The van der Waals surface area contributed by atoms with Gasteiger partial charge in [-0.3, -0.25) is 9.69 Å². The number of hydrogen-bond donors (Lipinski definition) is 0. The van der Waals surface area contributed by atoms with Gasteiger partial charge in [-0.25, -0.2) is 4.79 Å². The third-order valence-electron chi connectivity index (χ3n) is 2.39. The summed E-state index contributed by atoms with van der Waals surface area (Å²) >= 11 is 0. The molecule has 0 aromatic carbocycles. The van der Waals surface area contributed by atoms with E-state index in [1.807, 2.05) is 4.90 Å². The van der Waals surface area contributed by atoms with Gasteiger partial charge in [-0.05, 0) is 6.92 Å². The lowest BCUT2D eigenvalue weighted by molar-refractivity contribution is -0.168. The van der Waals surface area contributed by atoms with Crippen molar-refractivity contribution in [3.05, 3.63) is 0 Å². The fourth-order valence-electron chi connectivity index (χ4n) is 1.61. The predicted octanol–water partition coefficient (Wildman–Crippen LogP) is -0.187. The number of carbonyl (C=O) groups excluding carboxylic acids is 2. The van der Waals surface area contributed by atoms with Crippen molar-refractivity contribution in [3.63, 3.8) is 0 Å². The number of ether oxygens (including phenoxy) is 3. The molecule has 1 aliphatic rings. The van der Waals surface area contributed by atoms with Gasteiger partial charge in [0.15, 0.2) is 0 Å². The van der Waals surface area contributed by atoms with E-state index in [1.165, 1.54) is 6.92 Å². The van der Waals surface area contributed by atoms with Crippen molar-refractivity contribution in [2.24, 2.45) is 0 Å². The van der Waals surface area contributed by atoms with Crippen LogP contribution < -0.4 is 0 Å². The molecule has 0 spiro atoms. The summed E-state index contributed by atoms with van der Waals surface area (Å²) in [7, 11) is 0. The van der Waals surface area contributed by atoms with Crippen LogP contribution in [0.5, 0.6) is 0 Å². The van der Waals surface area contributed by atoms with Crippen LogP contribution in [0.1, 0.15) is 13.8 Å². The van der Waals surface area contributed by atoms with Crippen LogP contribution in [0.3, 0.4) is 0 Å². The van der Waals surface area contributed by atoms with Crippen molar-refractivity contribution in [2.75, 3.05) is 39.5 Å². The minimum absolute atomic E-state index is 0.277. The van der Waals surface area contributed by atoms with E-state index in [9.17, 15) is 9.59 Å². The van der Waals surface area contributed by atoms with Gasteiger partial charge in [0, 0.05) is 26.6 Å². The maximum atomic E-state index is 11.6. The largest absolute Gasteiger partial charge is 0.463 e. The Labute approximate surface area is 101 Å². The second kappa shape index (κ2) is 7.24. The Kier molecular flexibility index (Phi) is 5.93. The fourth-order valence-corrected chi connectivity index (χ4v) is 1.61. The highest BCUT2D eigenvalue weighted by Gasteiger charge is 2.26. The summed E-state index contributed by atoms with van der Waals surface area (Å²) in [6.45, 7) is 6.38. The second-order valence-electron chi connectivity index (χ2n) is 3.76. The molecule has 1 fully saturated rings. The smallest absolute Gasteiger partial charge is 0.348 e. The Morgan fingerprint density at radius 3 is 2.53 bits per heavy atom. The molecule has 6 nitrogen and oxygen atoms in total. The van der Waals surface area contributed by atoms with E-state index < -0.39 is 18.0 Å². The van der Waals surface area contributed by atoms with E-state index in [2.05, 4.69) is 0 Å². The number of carbonyl (C=O) groups is 2. The average Bonchev–Trinajstić information content (AvgIpc) is 2.29. The fraction of sp³-hybridized carbons (Fsp3) is 0.818. The topological polar surface area (TPSA) is 65.1 Å². The Hall–Kier alpha value is -1.14. The van der Waals surface area contributed by atoms with Crippen molar-refractivity contribution in [3.8, 4) is 0 Å². The third-order valence-corrected chi connectivity index (χ3v) is 2.39. The third kappa shape index (κ3) is 5.14. The van der Waals surface area contributed by atoms with Crippen LogP contribution in [0.15, 0.2) is 0 Å². The van der Waals surface area contributed by atoms with Crippen molar-refractivity contribution in [1.82, 2.24) is 4.90 Å². The number of esters is 2. The van der Waals surface area contributed by atoms with E-state index in [1.54, 1.807) is 6.92 Å². The van der Waals surface area contributed by atoms with E-state index >= 15 is 0 Å². The van der Waals surface area contributed by atoms with Gasteiger partial charge in [0.05, 0.1) is 19.8 Å². The highest BCUT2D eigenvalue weighted by atomic mass is 16.6. The van der Waals surface area contributed by atoms with Crippen molar-refractivity contribution >= 4 is 11.9 Å². The van der Waals surface area contributed by atoms with Crippen LogP contribution in [-0.4, -0.2) is 62.4 Å². The molecule has 1 saturated heterocycles. The lowest BCUT2D eigenvalue weighted by Gasteiger charge is -2.29. The molecule has 6 heteroatoms. The van der Waals surface area contributed by atoms with Gasteiger partial charge in [-0.1, -0.05) is 0 Å². The highest BCUT2D eigenvalue weighted by molar-refractivity contribution is 5.78. The van der Waals surface area contributed by atoms with E-state index in [0.717, 1.165) is 13.1 Å². The summed E-state index contributed by atoms with van der Waals surface area (Å²) in [4.78, 5) is 24.5. The van der Waals surface area contributed by atoms with Crippen LogP contribution in [0.25, 0.3) is 0 Å². The van der Waals surface area contributed by atoms with E-state index in [4.69, 9.17) is 14.2 Å². The second-order valence-corrected chi connectivity index (χ2v) is 3.76. The standard InChI is InChI=1S/C11H19NO5/c1-3-16-11(14)10(17-9(2)13)8-12-4-6-15-7-5-12/h10H,3-8H2,1-2H3. The molecular weight excluding hydrogens is 226 g/mol. The number of nitrogens with zero attached hydrogens (tertiary/aromatic N) is 1. The first-order valence-corrected chi connectivity index (χ1v) is 5.77. The quantitative estimate of drug-likeness (QED) is 0.626. The number of hydrogen-bond acceptors (Lipinski definition) is 6. The zero-order chi connectivity index (χ0) is 12.7. The van der Waals surface area contributed by atoms with E-state index in [-0.39, 0.29) is 6.61 Å². The summed E-state index contributed by atoms with van der Waals surface area (Å²) in [5.41, 5.74) is 0. The molecule has 0 aliphatic carbocycles. The lowest BCUT2D eigenvalue weighted by Crippen LogP contribution is -2.45. The number of rotatable bonds is 5. The first-order chi connectivity index (χ1) is 8.13. The van der Waals surface area contributed by atoms with Crippen LogP contribution in [-0.2, 0) is 23.8 Å². The molecule has 1 unspecified atom stereocenters. The first kappa shape index (κ1) is 13.9. The van der Waals surface area contributed by atoms with Gasteiger partial charge in [-0.15, -0.1) is 0 Å². The zero-order valence-corrected chi connectivity index (χ0v) is 10.3. The minimum Gasteiger partial charge on any atom is -0.463 e. The molecule has 98 valence electrons. The van der Waals surface area contributed by atoms with Gasteiger partial charge in [0.2, 0.25) is 6.10 Å². The molecule has 1 aliphatic heterocycles. The zero-order valence-electron chi connectivity index (χ0n) is 10.3. The van der Waals surface area contributed by atoms with Crippen molar-refractivity contribution < 1.29 is 23.8 Å². The molecule has 1 heterocycles. The molecule has 1 atom stereocenters. The summed E-state index contributed by atoms with van der Waals surface area (Å²) in [6, 6.07) is 0. The van der Waals surface area contributed by atoms with Gasteiger partial charge in [0.1, 0.15) is 0 Å². The monoisotopic (exact) mass is 245 g/mol. The lowest BCUT2D eigenvalue weighted by atomic mass is 10.3. The maximum Gasteiger partial charge on any atom is 0.348 e. The van der Waals surface area contributed by atoms with Crippen LogP contribution >= 0.6 is 0 Å². The number of morpholine rings is 1. The molecule has 0 bridgehead atoms. The Morgan fingerprint density at radius 1 is 1.35 bits per heavy atom. The maximum absolute atomic E-state index is 11.6. The van der Waals surface area contributed by atoms with Gasteiger partial charge in [-0.2, -0.15) is 0 Å². The van der Waals surface area contributed by atoms with Gasteiger partial charge in [0.25, 0.3) is 0 Å². The van der Waals surface area contributed by atoms with Crippen molar-refractivity contribution in [2.45, 2.75) is 20.0 Å². The molecule has 0 amide bonds. The molecular formula is C11H19NO5. The van der Waals surface area contributed by atoms with E-state index in [0.29, 0.717) is 19.8 Å². The van der Waals surface area contributed by atoms with Crippen LogP contribution in [0, 0.1) is 0 Å². The van der Waals surface area contributed by atoms with Gasteiger partial charge >= 0.3 is 11.9 Å². The Balaban J connectivity index is 2.49.